The van der Waals surface area contributed by atoms with Gasteiger partial charge in [0.1, 0.15) is 18.2 Å². The van der Waals surface area contributed by atoms with Crippen molar-refractivity contribution in [3.8, 4) is 22.9 Å². The van der Waals surface area contributed by atoms with Crippen molar-refractivity contribution in [1.29, 1.82) is 0 Å². The first-order chi connectivity index (χ1) is 17.0. The number of nitrogens with one attached hydrogen (secondary N) is 2. The molecule has 4 aromatic rings. The highest BCUT2D eigenvalue weighted by Crippen LogP contribution is 2.38. The molecule has 5 rings (SSSR count). The first-order valence-electron chi connectivity index (χ1n) is 11.1. The molecule has 1 aliphatic rings. The number of ether oxygens (including phenoxy) is 2. The molecule has 8 heteroatoms. The van der Waals surface area contributed by atoms with E-state index < -0.39 is 5.92 Å². The van der Waals surface area contributed by atoms with E-state index in [4.69, 9.17) is 21.1 Å². The van der Waals surface area contributed by atoms with Crippen LogP contribution in [0.15, 0.2) is 77.6 Å². The number of methoxy groups -OCH3 is 1. The number of fused-ring (bicyclic) bond motifs is 1. The molecule has 1 aromatic heterocycles. The summed E-state index contributed by atoms with van der Waals surface area (Å²) in [6.07, 6.45) is 0.119. The second-order valence-corrected chi connectivity index (χ2v) is 8.61. The van der Waals surface area contributed by atoms with Gasteiger partial charge >= 0.3 is 0 Å². The largest absolute Gasteiger partial charge is 0.493 e. The van der Waals surface area contributed by atoms with E-state index in [1.807, 2.05) is 54.6 Å². The van der Waals surface area contributed by atoms with Gasteiger partial charge in [-0.15, -0.1) is 0 Å². The Morgan fingerprint density at radius 2 is 1.83 bits per heavy atom. The Morgan fingerprint density at radius 3 is 2.60 bits per heavy atom. The lowest BCUT2D eigenvalue weighted by molar-refractivity contribution is -0.116. The number of hydrogen-bond acceptors (Lipinski definition) is 5. The highest BCUT2D eigenvalue weighted by atomic mass is 35.5. The number of aromatic nitrogens is 2. The molecule has 0 bridgehead atoms. The number of aromatic amines is 1. The Balaban J connectivity index is 1.47. The van der Waals surface area contributed by atoms with Crippen LogP contribution in [0.25, 0.3) is 11.4 Å². The van der Waals surface area contributed by atoms with Gasteiger partial charge in [0.2, 0.25) is 5.91 Å². The summed E-state index contributed by atoms with van der Waals surface area (Å²) in [4.78, 5) is 33.1. The summed E-state index contributed by atoms with van der Waals surface area (Å²) >= 11 is 6.06. The van der Waals surface area contributed by atoms with Gasteiger partial charge in [-0.1, -0.05) is 60.1 Å². The molecule has 1 atom stereocenters. The van der Waals surface area contributed by atoms with Crippen molar-refractivity contribution in [3.63, 3.8) is 0 Å². The smallest absolute Gasteiger partial charge is 0.257 e. The molecule has 3 aromatic carbocycles. The van der Waals surface area contributed by atoms with Crippen molar-refractivity contribution in [2.75, 3.05) is 12.4 Å². The average Bonchev–Trinajstić information content (AvgIpc) is 2.87. The predicted octanol–water partition coefficient (Wildman–Crippen LogP) is 5.15. The normalized spacial score (nSPS) is 14.7. The van der Waals surface area contributed by atoms with Gasteiger partial charge in [-0.2, -0.15) is 0 Å². The van der Waals surface area contributed by atoms with Gasteiger partial charge in [0.05, 0.1) is 12.7 Å². The third kappa shape index (κ3) is 4.76. The number of H-pyrrole nitrogens is 1. The Hall–Kier alpha value is -4.10. The van der Waals surface area contributed by atoms with Crippen molar-refractivity contribution >= 4 is 23.3 Å². The van der Waals surface area contributed by atoms with Crippen LogP contribution >= 0.6 is 11.6 Å². The van der Waals surface area contributed by atoms with Crippen molar-refractivity contribution in [1.82, 2.24) is 9.97 Å². The summed E-state index contributed by atoms with van der Waals surface area (Å²) in [5.41, 5.74) is 2.56. The third-order valence-electron chi connectivity index (χ3n) is 5.87. The summed E-state index contributed by atoms with van der Waals surface area (Å²) in [6, 6.07) is 22.1. The van der Waals surface area contributed by atoms with Gasteiger partial charge in [-0.25, -0.2) is 4.98 Å². The number of hydrogen-bond donors (Lipinski definition) is 2. The summed E-state index contributed by atoms with van der Waals surface area (Å²) in [7, 11) is 1.55. The number of rotatable bonds is 6. The summed E-state index contributed by atoms with van der Waals surface area (Å²) in [5, 5.41) is 3.39. The van der Waals surface area contributed by atoms with Crippen LogP contribution in [0.4, 0.5) is 5.82 Å². The maximum atomic E-state index is 13.1. The van der Waals surface area contributed by atoms with Crippen molar-refractivity contribution in [2.24, 2.45) is 0 Å². The molecule has 176 valence electrons. The lowest BCUT2D eigenvalue weighted by Crippen LogP contribution is -2.31. The fourth-order valence-corrected chi connectivity index (χ4v) is 4.41. The van der Waals surface area contributed by atoms with E-state index in [9.17, 15) is 9.59 Å². The van der Waals surface area contributed by atoms with Crippen LogP contribution in [0.2, 0.25) is 5.02 Å². The third-order valence-corrected chi connectivity index (χ3v) is 6.11. The second kappa shape index (κ2) is 9.64. The van der Waals surface area contributed by atoms with Crippen LogP contribution in [0.5, 0.6) is 11.5 Å². The molecular weight excluding hydrogens is 466 g/mol. The summed E-state index contributed by atoms with van der Waals surface area (Å²) in [5.74, 6) is 1.04. The highest BCUT2D eigenvalue weighted by Gasteiger charge is 2.31. The van der Waals surface area contributed by atoms with Crippen LogP contribution in [-0.2, 0) is 11.4 Å². The minimum absolute atomic E-state index is 0.119. The highest BCUT2D eigenvalue weighted by molar-refractivity contribution is 6.30. The van der Waals surface area contributed by atoms with Crippen LogP contribution < -0.4 is 20.3 Å². The van der Waals surface area contributed by atoms with Crippen LogP contribution in [-0.4, -0.2) is 23.0 Å². The fraction of sp³-hybridized carbons (Fsp3) is 0.148. The molecular formula is C27H22ClN3O4. The first-order valence-corrected chi connectivity index (χ1v) is 11.4. The van der Waals surface area contributed by atoms with E-state index in [0.717, 1.165) is 16.7 Å². The monoisotopic (exact) mass is 487 g/mol. The zero-order chi connectivity index (χ0) is 24.4. The number of anilines is 1. The molecule has 0 saturated carbocycles. The van der Waals surface area contributed by atoms with Gasteiger partial charge in [-0.3, -0.25) is 9.59 Å². The maximum Gasteiger partial charge on any atom is 0.257 e. The standard InChI is InChI=1S/C27H22ClN3O4/c1-34-22-13-18(10-11-21(22)35-15-16-6-5-9-19(28)12-16)20-14-23(32)29-26-24(20)27(33)31-25(30-26)17-7-3-2-4-8-17/h2-13,20H,14-15H2,1H3,(H2,29,30,31,32,33)/t20-/m1/s1. The second-order valence-electron chi connectivity index (χ2n) is 8.18. The lowest BCUT2D eigenvalue weighted by atomic mass is 9.86. The Morgan fingerprint density at radius 1 is 1.00 bits per heavy atom. The molecule has 0 unspecified atom stereocenters. The van der Waals surface area contributed by atoms with Gasteiger partial charge in [-0.05, 0) is 35.4 Å². The molecule has 1 aliphatic heterocycles. The average molecular weight is 488 g/mol. The van der Waals surface area contributed by atoms with Crippen molar-refractivity contribution in [3.05, 3.63) is 105 Å². The molecule has 2 N–H and O–H groups in total. The SMILES string of the molecule is COc1cc([C@H]2CC(=O)Nc3nc(-c4ccccc4)[nH]c(=O)c32)ccc1OCc1cccc(Cl)c1. The number of nitrogens with zero attached hydrogens (tertiary/aromatic N) is 1. The zero-order valence-electron chi connectivity index (χ0n) is 18.9. The Kier molecular flexibility index (Phi) is 6.25. The molecule has 7 nitrogen and oxygen atoms in total. The Labute approximate surface area is 206 Å². The topological polar surface area (TPSA) is 93.3 Å². The van der Waals surface area contributed by atoms with Gasteiger partial charge in [0, 0.05) is 22.9 Å². The van der Waals surface area contributed by atoms with E-state index in [1.165, 1.54) is 0 Å². The number of amides is 1. The van der Waals surface area contributed by atoms with E-state index in [0.29, 0.717) is 34.5 Å². The van der Waals surface area contributed by atoms with Gasteiger partial charge < -0.3 is 19.8 Å². The van der Waals surface area contributed by atoms with E-state index in [-0.39, 0.29) is 23.7 Å². The molecule has 0 radical (unpaired) electrons. The lowest BCUT2D eigenvalue weighted by Gasteiger charge is -2.25. The van der Waals surface area contributed by atoms with Crippen LogP contribution in [0.3, 0.4) is 0 Å². The van der Waals surface area contributed by atoms with E-state index >= 15 is 0 Å². The molecule has 35 heavy (non-hydrogen) atoms. The minimum Gasteiger partial charge on any atom is -0.493 e. The summed E-state index contributed by atoms with van der Waals surface area (Å²) in [6.45, 7) is 0.316. The van der Waals surface area contributed by atoms with Crippen molar-refractivity contribution in [2.45, 2.75) is 18.9 Å². The number of carbonyl (C=O) groups excluding carboxylic acids is 1. The maximum absolute atomic E-state index is 13.1. The first kappa shape index (κ1) is 22.7. The quantitative estimate of drug-likeness (QED) is 0.392. The molecule has 0 spiro atoms. The molecule has 1 amide bonds. The molecule has 0 aliphatic carbocycles. The number of halogens is 1. The van der Waals surface area contributed by atoms with E-state index in [2.05, 4.69) is 15.3 Å². The molecule has 0 fully saturated rings. The minimum atomic E-state index is -0.476. The van der Waals surface area contributed by atoms with Crippen LogP contribution in [0, 0.1) is 0 Å². The summed E-state index contributed by atoms with van der Waals surface area (Å²) < 4.78 is 11.5. The van der Waals surface area contributed by atoms with Crippen LogP contribution in [0.1, 0.15) is 29.0 Å². The Bertz CT molecular complexity index is 1450. The van der Waals surface area contributed by atoms with Gasteiger partial charge in [0.25, 0.3) is 5.56 Å². The molecule has 0 saturated heterocycles. The number of carbonyl (C=O) groups is 1. The van der Waals surface area contributed by atoms with Crippen molar-refractivity contribution < 1.29 is 14.3 Å². The zero-order valence-corrected chi connectivity index (χ0v) is 19.6. The van der Waals surface area contributed by atoms with E-state index in [1.54, 1.807) is 25.3 Å². The molecule has 2 heterocycles. The number of benzene rings is 3. The fourth-order valence-electron chi connectivity index (χ4n) is 4.20. The predicted molar refractivity (Wildman–Crippen MR) is 134 cm³/mol. The van der Waals surface area contributed by atoms with Gasteiger partial charge in [0.15, 0.2) is 11.5 Å².